The minimum Gasteiger partial charge on any atom is -0.495 e. The Morgan fingerprint density at radius 3 is 2.26 bits per heavy atom. The monoisotopic (exact) mass is 318 g/mol. The first-order chi connectivity index (χ1) is 10.7. The second-order valence-corrected chi connectivity index (χ2v) is 8.17. The number of rotatable bonds is 4. The lowest BCUT2D eigenvalue weighted by molar-refractivity contribution is 0.199. The molecule has 1 aliphatic heterocycles. The quantitative estimate of drug-likeness (QED) is 0.829. The Morgan fingerprint density at radius 2 is 1.78 bits per heavy atom. The summed E-state index contributed by atoms with van der Waals surface area (Å²) >= 11 is 0. The molecule has 0 bridgehead atoms. The van der Waals surface area contributed by atoms with Crippen LogP contribution in [0.4, 0.5) is 5.69 Å². The van der Waals surface area contributed by atoms with Gasteiger partial charge in [0.2, 0.25) is 0 Å². The van der Waals surface area contributed by atoms with Gasteiger partial charge in [-0.3, -0.25) is 0 Å². The van der Waals surface area contributed by atoms with Gasteiger partial charge >= 0.3 is 0 Å². The highest BCUT2D eigenvalue weighted by atomic mass is 16.5. The highest BCUT2D eigenvalue weighted by Crippen LogP contribution is 2.36. The lowest BCUT2D eigenvalue weighted by Crippen LogP contribution is -2.41. The van der Waals surface area contributed by atoms with E-state index in [9.17, 15) is 0 Å². The van der Waals surface area contributed by atoms with Gasteiger partial charge in [-0.25, -0.2) is 0 Å². The molecule has 1 aliphatic rings. The predicted molar refractivity (Wildman–Crippen MR) is 99.8 cm³/mol. The van der Waals surface area contributed by atoms with Gasteiger partial charge < -0.3 is 14.5 Å². The zero-order valence-electron chi connectivity index (χ0n) is 16.0. The molecule has 0 saturated carbocycles. The number of methoxy groups -OCH3 is 1. The molecule has 2 rings (SSSR count). The van der Waals surface area contributed by atoms with Gasteiger partial charge in [-0.2, -0.15) is 0 Å². The van der Waals surface area contributed by atoms with Gasteiger partial charge in [0, 0.05) is 19.1 Å². The van der Waals surface area contributed by atoms with Crippen LogP contribution < -0.4 is 9.64 Å². The van der Waals surface area contributed by atoms with Crippen molar-refractivity contribution < 1.29 is 4.74 Å². The maximum absolute atomic E-state index is 5.70. The van der Waals surface area contributed by atoms with Crippen LogP contribution >= 0.6 is 0 Å². The summed E-state index contributed by atoms with van der Waals surface area (Å²) in [7, 11) is 6.16. The van der Waals surface area contributed by atoms with E-state index >= 15 is 0 Å². The topological polar surface area (TPSA) is 15.7 Å². The number of hydrogen-bond acceptors (Lipinski definition) is 3. The minimum absolute atomic E-state index is 0.153. The molecule has 1 fully saturated rings. The number of ether oxygens (including phenoxy) is 1. The van der Waals surface area contributed by atoms with E-state index in [0.717, 1.165) is 24.8 Å². The highest BCUT2D eigenvalue weighted by molar-refractivity contribution is 5.60. The molecule has 1 heterocycles. The van der Waals surface area contributed by atoms with Gasteiger partial charge in [0.25, 0.3) is 0 Å². The van der Waals surface area contributed by atoms with Gasteiger partial charge in [-0.15, -0.1) is 0 Å². The SMILES string of the molecule is COc1cc(C(C)(C)C)ccc1N1CCC(C(C)N(C)C)CC1. The third kappa shape index (κ3) is 4.20. The van der Waals surface area contributed by atoms with Gasteiger partial charge in [0.05, 0.1) is 12.8 Å². The van der Waals surface area contributed by atoms with Crippen molar-refractivity contribution in [3.63, 3.8) is 0 Å². The molecule has 1 saturated heterocycles. The average molecular weight is 319 g/mol. The van der Waals surface area contributed by atoms with E-state index in [4.69, 9.17) is 4.74 Å². The predicted octanol–water partition coefficient (Wildman–Crippen LogP) is 4.16. The Balaban J connectivity index is 2.12. The number of piperidine rings is 1. The Hall–Kier alpha value is -1.22. The van der Waals surface area contributed by atoms with Crippen LogP contribution in [0.25, 0.3) is 0 Å². The molecule has 3 heteroatoms. The van der Waals surface area contributed by atoms with E-state index < -0.39 is 0 Å². The summed E-state index contributed by atoms with van der Waals surface area (Å²) in [5, 5.41) is 0. The summed E-state index contributed by atoms with van der Waals surface area (Å²) in [5.41, 5.74) is 2.73. The summed E-state index contributed by atoms with van der Waals surface area (Å²) in [5.74, 6) is 1.80. The molecule has 1 unspecified atom stereocenters. The molecular weight excluding hydrogens is 284 g/mol. The first-order valence-electron chi connectivity index (χ1n) is 8.84. The molecule has 23 heavy (non-hydrogen) atoms. The van der Waals surface area contributed by atoms with Crippen molar-refractivity contribution in [3.05, 3.63) is 23.8 Å². The van der Waals surface area contributed by atoms with Crippen LogP contribution in [0, 0.1) is 5.92 Å². The molecule has 1 atom stereocenters. The highest BCUT2D eigenvalue weighted by Gasteiger charge is 2.26. The van der Waals surface area contributed by atoms with Crippen molar-refractivity contribution in [1.82, 2.24) is 4.90 Å². The Kier molecular flexibility index (Phi) is 5.61. The van der Waals surface area contributed by atoms with Crippen molar-refractivity contribution in [1.29, 1.82) is 0 Å². The van der Waals surface area contributed by atoms with Crippen LogP contribution in [-0.4, -0.2) is 45.2 Å². The molecule has 0 aliphatic carbocycles. The standard InChI is InChI=1S/C20H34N2O/c1-15(21(5)6)16-10-12-22(13-11-16)18-9-8-17(20(2,3)4)14-19(18)23-7/h8-9,14-16H,10-13H2,1-7H3. The Morgan fingerprint density at radius 1 is 1.17 bits per heavy atom. The average Bonchev–Trinajstić information content (AvgIpc) is 2.52. The molecule has 3 nitrogen and oxygen atoms in total. The van der Waals surface area contributed by atoms with Crippen LogP contribution in [0.2, 0.25) is 0 Å². The summed E-state index contributed by atoms with van der Waals surface area (Å²) in [4.78, 5) is 4.84. The Bertz CT molecular complexity index is 511. The first kappa shape index (κ1) is 18.1. The summed E-state index contributed by atoms with van der Waals surface area (Å²) in [6.45, 7) is 11.3. The molecule has 1 aromatic rings. The summed E-state index contributed by atoms with van der Waals surface area (Å²) < 4.78 is 5.70. The fourth-order valence-corrected chi connectivity index (χ4v) is 3.45. The maximum Gasteiger partial charge on any atom is 0.142 e. The second-order valence-electron chi connectivity index (χ2n) is 8.17. The van der Waals surface area contributed by atoms with Crippen LogP contribution in [0.15, 0.2) is 18.2 Å². The minimum atomic E-state index is 0.153. The number of anilines is 1. The van der Waals surface area contributed by atoms with E-state index in [0.29, 0.717) is 6.04 Å². The zero-order valence-corrected chi connectivity index (χ0v) is 16.0. The largest absolute Gasteiger partial charge is 0.495 e. The lowest BCUT2D eigenvalue weighted by Gasteiger charge is -2.38. The van der Waals surface area contributed by atoms with Gasteiger partial charge in [-0.05, 0) is 62.9 Å². The smallest absolute Gasteiger partial charge is 0.142 e. The van der Waals surface area contributed by atoms with Crippen LogP contribution in [-0.2, 0) is 5.41 Å². The van der Waals surface area contributed by atoms with E-state index in [1.807, 2.05) is 0 Å². The number of nitrogens with zero attached hydrogens (tertiary/aromatic N) is 2. The van der Waals surface area contributed by atoms with Crippen molar-refractivity contribution in [2.24, 2.45) is 5.92 Å². The molecule has 1 aromatic carbocycles. The lowest BCUT2D eigenvalue weighted by atomic mass is 9.86. The van der Waals surface area contributed by atoms with Crippen LogP contribution in [0.3, 0.4) is 0 Å². The van der Waals surface area contributed by atoms with Crippen molar-refractivity contribution in [3.8, 4) is 5.75 Å². The number of hydrogen-bond donors (Lipinski definition) is 0. The van der Waals surface area contributed by atoms with Crippen molar-refractivity contribution in [2.45, 2.75) is 52.0 Å². The van der Waals surface area contributed by atoms with Crippen molar-refractivity contribution >= 4 is 5.69 Å². The maximum atomic E-state index is 5.70. The molecule has 0 amide bonds. The van der Waals surface area contributed by atoms with E-state index in [-0.39, 0.29) is 5.41 Å². The molecule has 0 N–H and O–H groups in total. The molecule has 0 aromatic heterocycles. The van der Waals surface area contributed by atoms with Gasteiger partial charge in [0.15, 0.2) is 0 Å². The number of benzene rings is 1. The van der Waals surface area contributed by atoms with E-state index in [1.54, 1.807) is 7.11 Å². The van der Waals surface area contributed by atoms with E-state index in [1.165, 1.54) is 24.1 Å². The third-order valence-electron chi connectivity index (χ3n) is 5.42. The van der Waals surface area contributed by atoms with Gasteiger partial charge in [-0.1, -0.05) is 26.8 Å². The Labute approximate surface area is 142 Å². The normalized spacial score (nSPS) is 18.3. The zero-order chi connectivity index (χ0) is 17.2. The van der Waals surface area contributed by atoms with Crippen LogP contribution in [0.5, 0.6) is 5.75 Å². The summed E-state index contributed by atoms with van der Waals surface area (Å²) in [6, 6.07) is 7.37. The molecule has 0 spiro atoms. The van der Waals surface area contributed by atoms with Gasteiger partial charge in [0.1, 0.15) is 5.75 Å². The molecule has 0 radical (unpaired) electrons. The molecule has 130 valence electrons. The first-order valence-corrected chi connectivity index (χ1v) is 8.84. The fourth-order valence-electron chi connectivity index (χ4n) is 3.45. The summed E-state index contributed by atoms with van der Waals surface area (Å²) in [6.07, 6.45) is 2.51. The second kappa shape index (κ2) is 7.12. The van der Waals surface area contributed by atoms with E-state index in [2.05, 4.69) is 69.8 Å². The molecular formula is C20H34N2O. The van der Waals surface area contributed by atoms with Crippen LogP contribution in [0.1, 0.15) is 46.1 Å². The van der Waals surface area contributed by atoms with Crippen molar-refractivity contribution in [2.75, 3.05) is 39.2 Å². The fraction of sp³-hybridized carbons (Fsp3) is 0.700. The third-order valence-corrected chi connectivity index (χ3v) is 5.42.